The number of ether oxygens (including phenoxy) is 1. The third-order valence-electron chi connectivity index (χ3n) is 2.68. The second-order valence-electron chi connectivity index (χ2n) is 4.24. The van der Waals surface area contributed by atoms with Crippen LogP contribution in [0.2, 0.25) is 0 Å². The second kappa shape index (κ2) is 6.48. The number of hydrogen-bond acceptors (Lipinski definition) is 7. The Kier molecular flexibility index (Phi) is 4.47. The van der Waals surface area contributed by atoms with Crippen LogP contribution in [0.3, 0.4) is 0 Å². The van der Waals surface area contributed by atoms with Crippen molar-refractivity contribution in [2.75, 3.05) is 11.9 Å². The summed E-state index contributed by atoms with van der Waals surface area (Å²) in [6.45, 7) is 0.906. The first kappa shape index (κ1) is 15.2. The summed E-state index contributed by atoms with van der Waals surface area (Å²) in [5.74, 6) is -1.43. The lowest BCUT2D eigenvalue weighted by Crippen LogP contribution is -2.21. The number of para-hydroxylation sites is 1. The maximum atomic E-state index is 11.9. The Labute approximate surface area is 124 Å². The molecule has 0 aliphatic heterocycles. The Balaban J connectivity index is 2.02. The number of carbonyl (C=O) groups is 2. The number of anilines is 1. The summed E-state index contributed by atoms with van der Waals surface area (Å²) < 4.78 is 9.29. The molecule has 1 aromatic heterocycles. The maximum Gasteiger partial charge on any atom is 0.345 e. The zero-order valence-electron chi connectivity index (χ0n) is 11.4. The molecule has 2 aromatic rings. The average Bonchev–Trinajstić information content (AvgIpc) is 2.96. The number of nitrogens with zero attached hydrogens (tertiary/aromatic N) is 2. The number of nitro groups is 1. The number of nitrogens with one attached hydrogen (secondary N) is 1. The zero-order valence-corrected chi connectivity index (χ0v) is 11.4. The molecule has 0 aliphatic carbocycles. The van der Waals surface area contributed by atoms with Crippen LogP contribution < -0.4 is 5.32 Å². The molecule has 0 radical (unpaired) electrons. The van der Waals surface area contributed by atoms with Gasteiger partial charge in [0.15, 0.2) is 12.4 Å². The van der Waals surface area contributed by atoms with Gasteiger partial charge in [0.1, 0.15) is 11.8 Å². The fourth-order valence-corrected chi connectivity index (χ4v) is 1.73. The van der Waals surface area contributed by atoms with E-state index in [4.69, 9.17) is 4.74 Å². The quantitative estimate of drug-likeness (QED) is 0.506. The number of aryl methyl sites for hydroxylation is 1. The molecule has 1 aromatic carbocycles. The second-order valence-corrected chi connectivity index (χ2v) is 4.24. The lowest BCUT2D eigenvalue weighted by atomic mass is 10.1. The lowest BCUT2D eigenvalue weighted by molar-refractivity contribution is -0.385. The Morgan fingerprint density at radius 2 is 2.18 bits per heavy atom. The first-order chi connectivity index (χ1) is 10.5. The van der Waals surface area contributed by atoms with E-state index in [1.807, 2.05) is 0 Å². The van der Waals surface area contributed by atoms with Crippen LogP contribution in [-0.4, -0.2) is 28.6 Å². The standard InChI is InChI=1S/C13H11N3O6/c1-8-3-2-4-9(12(8)16(19)20)13(18)21-7-11(17)14-10-5-6-22-15-10/h2-6H,7H2,1H3,(H,14,15,17). The summed E-state index contributed by atoms with van der Waals surface area (Å²) in [6.07, 6.45) is 1.26. The topological polar surface area (TPSA) is 125 Å². The van der Waals surface area contributed by atoms with Crippen molar-refractivity contribution in [2.24, 2.45) is 0 Å². The minimum Gasteiger partial charge on any atom is -0.452 e. The number of benzene rings is 1. The smallest absolute Gasteiger partial charge is 0.345 e. The first-order valence-electron chi connectivity index (χ1n) is 6.10. The normalized spacial score (nSPS) is 10.0. The van der Waals surface area contributed by atoms with Crippen molar-refractivity contribution in [2.45, 2.75) is 6.92 Å². The van der Waals surface area contributed by atoms with Gasteiger partial charge in [-0.25, -0.2) is 4.79 Å². The number of rotatable bonds is 5. The van der Waals surface area contributed by atoms with Crippen LogP contribution in [-0.2, 0) is 9.53 Å². The minimum absolute atomic E-state index is 0.169. The zero-order chi connectivity index (χ0) is 16.1. The number of esters is 1. The van der Waals surface area contributed by atoms with E-state index < -0.39 is 23.4 Å². The molecule has 0 saturated carbocycles. The molecule has 0 saturated heterocycles. The van der Waals surface area contributed by atoms with Crippen LogP contribution in [0.4, 0.5) is 11.5 Å². The third-order valence-corrected chi connectivity index (χ3v) is 2.68. The monoisotopic (exact) mass is 305 g/mol. The maximum absolute atomic E-state index is 11.9. The Morgan fingerprint density at radius 1 is 1.41 bits per heavy atom. The van der Waals surface area contributed by atoms with E-state index in [1.165, 1.54) is 37.5 Å². The summed E-state index contributed by atoms with van der Waals surface area (Å²) in [5.41, 5.74) is -0.227. The van der Waals surface area contributed by atoms with Crippen LogP contribution >= 0.6 is 0 Å². The van der Waals surface area contributed by atoms with Gasteiger partial charge in [-0.3, -0.25) is 14.9 Å². The van der Waals surface area contributed by atoms with Gasteiger partial charge in [0, 0.05) is 11.6 Å². The molecule has 9 heteroatoms. The van der Waals surface area contributed by atoms with Crippen molar-refractivity contribution in [1.29, 1.82) is 0 Å². The average molecular weight is 305 g/mol. The highest BCUT2D eigenvalue weighted by Gasteiger charge is 2.24. The van der Waals surface area contributed by atoms with Gasteiger partial charge < -0.3 is 14.6 Å². The summed E-state index contributed by atoms with van der Waals surface area (Å²) >= 11 is 0. The largest absolute Gasteiger partial charge is 0.452 e. The van der Waals surface area contributed by atoms with Gasteiger partial charge in [0.25, 0.3) is 11.6 Å². The lowest BCUT2D eigenvalue weighted by Gasteiger charge is -2.06. The number of hydrogen-bond donors (Lipinski definition) is 1. The molecule has 9 nitrogen and oxygen atoms in total. The number of carbonyl (C=O) groups excluding carboxylic acids is 2. The van der Waals surface area contributed by atoms with Gasteiger partial charge in [-0.15, -0.1) is 0 Å². The van der Waals surface area contributed by atoms with Crippen LogP contribution in [0.25, 0.3) is 0 Å². The van der Waals surface area contributed by atoms with Crippen molar-refractivity contribution < 1.29 is 23.8 Å². The fourth-order valence-electron chi connectivity index (χ4n) is 1.73. The van der Waals surface area contributed by atoms with Crippen LogP contribution in [0.5, 0.6) is 0 Å². The number of nitro benzene ring substituents is 1. The first-order valence-corrected chi connectivity index (χ1v) is 6.10. The summed E-state index contributed by atoms with van der Waals surface area (Å²) in [7, 11) is 0. The molecule has 2 rings (SSSR count). The highest BCUT2D eigenvalue weighted by molar-refractivity contribution is 5.97. The van der Waals surface area contributed by atoms with Gasteiger partial charge in [-0.1, -0.05) is 17.3 Å². The van der Waals surface area contributed by atoms with E-state index in [-0.39, 0.29) is 17.1 Å². The van der Waals surface area contributed by atoms with Crippen molar-refractivity contribution in [1.82, 2.24) is 5.16 Å². The van der Waals surface area contributed by atoms with Crippen molar-refractivity contribution in [3.8, 4) is 0 Å². The molecule has 0 unspecified atom stereocenters. The van der Waals surface area contributed by atoms with E-state index in [9.17, 15) is 19.7 Å². The Morgan fingerprint density at radius 3 is 2.82 bits per heavy atom. The molecule has 0 fully saturated rings. The predicted octanol–water partition coefficient (Wildman–Crippen LogP) is 1.69. The highest BCUT2D eigenvalue weighted by Crippen LogP contribution is 2.23. The molecule has 1 N–H and O–H groups in total. The van der Waals surface area contributed by atoms with E-state index in [0.717, 1.165) is 0 Å². The fraction of sp³-hybridized carbons (Fsp3) is 0.154. The van der Waals surface area contributed by atoms with Crippen LogP contribution in [0, 0.1) is 17.0 Å². The van der Waals surface area contributed by atoms with Gasteiger partial charge in [-0.2, -0.15) is 0 Å². The molecule has 1 amide bonds. The van der Waals surface area contributed by atoms with Crippen LogP contribution in [0.15, 0.2) is 35.1 Å². The van der Waals surface area contributed by atoms with Crippen molar-refractivity contribution >= 4 is 23.4 Å². The summed E-state index contributed by atoms with van der Waals surface area (Å²) in [5, 5.41) is 16.8. The Hall–Kier alpha value is -3.23. The van der Waals surface area contributed by atoms with E-state index in [1.54, 1.807) is 0 Å². The van der Waals surface area contributed by atoms with E-state index >= 15 is 0 Å². The molecular weight excluding hydrogens is 294 g/mol. The molecule has 0 aliphatic rings. The van der Waals surface area contributed by atoms with Crippen molar-refractivity contribution in [3.05, 3.63) is 51.8 Å². The van der Waals surface area contributed by atoms with E-state index in [2.05, 4.69) is 15.0 Å². The third kappa shape index (κ3) is 3.45. The summed E-state index contributed by atoms with van der Waals surface area (Å²) in [6, 6.07) is 5.68. The predicted molar refractivity (Wildman–Crippen MR) is 73.2 cm³/mol. The highest BCUT2D eigenvalue weighted by atomic mass is 16.6. The van der Waals surface area contributed by atoms with Crippen LogP contribution in [0.1, 0.15) is 15.9 Å². The number of amides is 1. The molecule has 0 bridgehead atoms. The molecule has 0 spiro atoms. The number of aromatic nitrogens is 1. The van der Waals surface area contributed by atoms with E-state index in [0.29, 0.717) is 5.56 Å². The Bertz CT molecular complexity index is 711. The van der Waals surface area contributed by atoms with Crippen molar-refractivity contribution in [3.63, 3.8) is 0 Å². The van der Waals surface area contributed by atoms with Gasteiger partial charge in [0.05, 0.1) is 4.92 Å². The van der Waals surface area contributed by atoms with Gasteiger partial charge in [0.2, 0.25) is 0 Å². The molecule has 22 heavy (non-hydrogen) atoms. The molecule has 0 atom stereocenters. The minimum atomic E-state index is -0.953. The SMILES string of the molecule is Cc1cccc(C(=O)OCC(=O)Nc2ccon2)c1[N+](=O)[O-]. The summed E-state index contributed by atoms with van der Waals surface area (Å²) in [4.78, 5) is 33.7. The molecule has 1 heterocycles. The van der Waals surface area contributed by atoms with Gasteiger partial charge in [-0.05, 0) is 13.0 Å². The van der Waals surface area contributed by atoms with Gasteiger partial charge >= 0.3 is 5.97 Å². The molecule has 114 valence electrons. The molecular formula is C13H11N3O6.